The van der Waals surface area contributed by atoms with Gasteiger partial charge in [0.15, 0.2) is 5.79 Å². The van der Waals surface area contributed by atoms with Gasteiger partial charge in [0.05, 0.1) is 31.3 Å². The molecular formula is C21H30O5. The van der Waals surface area contributed by atoms with E-state index in [0.717, 1.165) is 19.3 Å². The Morgan fingerprint density at radius 1 is 1.35 bits per heavy atom. The average Bonchev–Trinajstić information content (AvgIpc) is 3.07. The fourth-order valence-electron chi connectivity index (χ4n) is 6.13. The zero-order chi connectivity index (χ0) is 18.6. The van der Waals surface area contributed by atoms with Crippen LogP contribution in [-0.4, -0.2) is 47.7 Å². The summed E-state index contributed by atoms with van der Waals surface area (Å²) in [5.41, 5.74) is 0.172. The lowest BCUT2D eigenvalue weighted by molar-refractivity contribution is -0.191. The van der Waals surface area contributed by atoms with Crippen molar-refractivity contribution in [3.8, 4) is 0 Å². The fourth-order valence-corrected chi connectivity index (χ4v) is 6.13. The van der Waals surface area contributed by atoms with E-state index in [1.165, 1.54) is 5.57 Å². The number of aliphatic hydroxyl groups excluding tert-OH is 2. The van der Waals surface area contributed by atoms with Gasteiger partial charge in [-0.05, 0) is 31.1 Å². The molecule has 1 spiro atoms. The molecule has 5 atom stereocenters. The monoisotopic (exact) mass is 362 g/mol. The normalized spacial score (nSPS) is 44.3. The maximum Gasteiger partial charge on any atom is 0.172 e. The van der Waals surface area contributed by atoms with Crippen LogP contribution >= 0.6 is 0 Å². The van der Waals surface area contributed by atoms with Crippen LogP contribution in [0.4, 0.5) is 0 Å². The summed E-state index contributed by atoms with van der Waals surface area (Å²) in [7, 11) is 0. The molecule has 1 saturated heterocycles. The highest BCUT2D eigenvalue weighted by molar-refractivity contribution is 5.89. The molecule has 2 saturated carbocycles. The van der Waals surface area contributed by atoms with E-state index in [2.05, 4.69) is 19.6 Å². The Kier molecular flexibility index (Phi) is 4.42. The Hall–Kier alpha value is -1.01. The second-order valence-corrected chi connectivity index (χ2v) is 8.87. The number of ketones is 1. The van der Waals surface area contributed by atoms with Crippen LogP contribution in [0.25, 0.3) is 0 Å². The lowest BCUT2D eigenvalue weighted by Crippen LogP contribution is -2.59. The lowest BCUT2D eigenvalue weighted by atomic mass is 9.48. The van der Waals surface area contributed by atoms with Crippen LogP contribution in [0.2, 0.25) is 0 Å². The number of aliphatic hydroxyl groups is 2. The Labute approximate surface area is 155 Å². The third kappa shape index (κ3) is 2.48. The van der Waals surface area contributed by atoms with Crippen molar-refractivity contribution in [3.63, 3.8) is 0 Å². The van der Waals surface area contributed by atoms with Crippen LogP contribution in [0.15, 0.2) is 24.3 Å². The third-order valence-corrected chi connectivity index (χ3v) is 7.53. The van der Waals surface area contributed by atoms with Crippen molar-refractivity contribution in [1.82, 2.24) is 0 Å². The van der Waals surface area contributed by atoms with Gasteiger partial charge >= 0.3 is 0 Å². The smallest absolute Gasteiger partial charge is 0.172 e. The minimum atomic E-state index is -0.877. The van der Waals surface area contributed by atoms with Crippen LogP contribution in [0.3, 0.4) is 0 Å². The van der Waals surface area contributed by atoms with E-state index in [-0.39, 0.29) is 29.6 Å². The zero-order valence-electron chi connectivity index (χ0n) is 15.6. The molecule has 3 fully saturated rings. The van der Waals surface area contributed by atoms with Gasteiger partial charge in [-0.1, -0.05) is 24.6 Å². The maximum absolute atomic E-state index is 13.3. The molecule has 5 heteroatoms. The van der Waals surface area contributed by atoms with E-state index in [9.17, 15) is 15.0 Å². The molecule has 144 valence electrons. The number of rotatable bonds is 3. The zero-order valence-corrected chi connectivity index (χ0v) is 15.6. The molecule has 3 aliphatic carbocycles. The van der Waals surface area contributed by atoms with Gasteiger partial charge in [-0.25, -0.2) is 0 Å². The largest absolute Gasteiger partial charge is 0.395 e. The fraction of sp³-hybridized carbons (Fsp3) is 0.762. The van der Waals surface area contributed by atoms with Gasteiger partial charge in [-0.2, -0.15) is 0 Å². The molecule has 4 aliphatic rings. The first-order valence-electron chi connectivity index (χ1n) is 9.81. The number of hydrogen-bond acceptors (Lipinski definition) is 5. The topological polar surface area (TPSA) is 76.0 Å². The summed E-state index contributed by atoms with van der Waals surface area (Å²) in [6.07, 6.45) is 6.99. The lowest BCUT2D eigenvalue weighted by Gasteiger charge is -2.57. The summed E-state index contributed by atoms with van der Waals surface area (Å²) < 4.78 is 11.8. The van der Waals surface area contributed by atoms with E-state index in [1.807, 2.05) is 0 Å². The van der Waals surface area contributed by atoms with Gasteiger partial charge in [0, 0.05) is 24.7 Å². The van der Waals surface area contributed by atoms with Crippen molar-refractivity contribution in [2.75, 3.05) is 19.8 Å². The molecule has 0 unspecified atom stereocenters. The van der Waals surface area contributed by atoms with Crippen LogP contribution < -0.4 is 0 Å². The first-order valence-corrected chi connectivity index (χ1v) is 9.81. The van der Waals surface area contributed by atoms with Gasteiger partial charge in [-0.3, -0.25) is 4.79 Å². The second-order valence-electron chi connectivity index (χ2n) is 8.87. The summed E-state index contributed by atoms with van der Waals surface area (Å²) in [5, 5.41) is 21.0. The Morgan fingerprint density at radius 2 is 2.08 bits per heavy atom. The van der Waals surface area contributed by atoms with Crippen molar-refractivity contribution < 1.29 is 24.5 Å². The molecule has 0 aromatic heterocycles. The SMILES string of the molecule is C=CC[C@]1(CO)C[C@H](O)[C@@H]2[C@H](CC=C3CC4(CC[C@]32C)OCCO4)C1=O. The molecule has 0 bridgehead atoms. The van der Waals surface area contributed by atoms with Crippen LogP contribution in [-0.2, 0) is 14.3 Å². The van der Waals surface area contributed by atoms with Gasteiger partial charge in [0.25, 0.3) is 0 Å². The number of hydrogen-bond donors (Lipinski definition) is 2. The number of allylic oxidation sites excluding steroid dienone is 2. The maximum atomic E-state index is 13.3. The standard InChI is InChI=1S/C21H30O5/c1-3-6-20(13-22)12-16(23)17-15(18(20)24)5-4-14-11-21(25-9-10-26-21)8-7-19(14,17)2/h3-4,15-17,22-23H,1,5-13H2,2H3/t15-,16-,17-,19+,20+/m0/s1. The van der Waals surface area contributed by atoms with Crippen LogP contribution in [0.5, 0.6) is 0 Å². The molecule has 1 heterocycles. The number of Topliss-reactive ketones (excluding diaryl/α,β-unsaturated/α-hetero) is 1. The van der Waals surface area contributed by atoms with Gasteiger partial charge in [-0.15, -0.1) is 6.58 Å². The molecular weight excluding hydrogens is 332 g/mol. The first kappa shape index (κ1) is 18.4. The molecule has 0 amide bonds. The Balaban J connectivity index is 1.67. The number of carbonyl (C=O) groups is 1. The minimum absolute atomic E-state index is 0.0976. The van der Waals surface area contributed by atoms with E-state index < -0.39 is 17.3 Å². The summed E-state index contributed by atoms with van der Waals surface area (Å²) >= 11 is 0. The van der Waals surface area contributed by atoms with E-state index in [1.54, 1.807) is 6.08 Å². The molecule has 0 radical (unpaired) electrons. The minimum Gasteiger partial charge on any atom is -0.395 e. The predicted octanol–water partition coefficient (Wildman–Crippen LogP) is 2.37. The van der Waals surface area contributed by atoms with E-state index in [4.69, 9.17) is 9.47 Å². The second kappa shape index (κ2) is 6.26. The van der Waals surface area contributed by atoms with Crippen molar-refractivity contribution in [2.45, 2.75) is 57.3 Å². The van der Waals surface area contributed by atoms with Crippen LogP contribution in [0.1, 0.15) is 45.4 Å². The van der Waals surface area contributed by atoms with Crippen molar-refractivity contribution in [1.29, 1.82) is 0 Å². The summed E-state index contributed by atoms with van der Waals surface area (Å²) in [6.45, 7) is 6.98. The van der Waals surface area contributed by atoms with Gasteiger partial charge < -0.3 is 19.7 Å². The predicted molar refractivity (Wildman–Crippen MR) is 96.2 cm³/mol. The molecule has 5 nitrogen and oxygen atoms in total. The third-order valence-electron chi connectivity index (χ3n) is 7.53. The summed E-state index contributed by atoms with van der Waals surface area (Å²) in [5.74, 6) is -0.739. The van der Waals surface area contributed by atoms with Gasteiger partial charge in [0.2, 0.25) is 0 Å². The summed E-state index contributed by atoms with van der Waals surface area (Å²) in [4.78, 5) is 13.3. The van der Waals surface area contributed by atoms with E-state index in [0.29, 0.717) is 32.5 Å². The Morgan fingerprint density at radius 3 is 2.73 bits per heavy atom. The molecule has 0 aromatic rings. The molecule has 1 aliphatic heterocycles. The van der Waals surface area contributed by atoms with Crippen LogP contribution in [0, 0.1) is 22.7 Å². The number of carbonyl (C=O) groups excluding carboxylic acids is 1. The molecule has 26 heavy (non-hydrogen) atoms. The first-order chi connectivity index (χ1) is 12.4. The average molecular weight is 362 g/mol. The summed E-state index contributed by atoms with van der Waals surface area (Å²) in [6, 6.07) is 0. The van der Waals surface area contributed by atoms with Crippen molar-refractivity contribution in [2.24, 2.45) is 22.7 Å². The highest BCUT2D eigenvalue weighted by atomic mass is 16.7. The molecule has 4 rings (SSSR count). The quantitative estimate of drug-likeness (QED) is 0.754. The van der Waals surface area contributed by atoms with E-state index >= 15 is 0 Å². The Bertz CT molecular complexity index is 634. The van der Waals surface area contributed by atoms with Crippen molar-refractivity contribution >= 4 is 5.78 Å². The molecule has 2 N–H and O–H groups in total. The molecule has 0 aromatic carbocycles. The number of fused-ring (bicyclic) bond motifs is 3. The number of ether oxygens (including phenoxy) is 2. The highest BCUT2D eigenvalue weighted by Gasteiger charge is 2.60. The van der Waals surface area contributed by atoms with Gasteiger partial charge in [0.1, 0.15) is 5.78 Å². The van der Waals surface area contributed by atoms with Crippen molar-refractivity contribution in [3.05, 3.63) is 24.3 Å². The highest BCUT2D eigenvalue weighted by Crippen LogP contribution is 2.60.